The van der Waals surface area contributed by atoms with E-state index in [4.69, 9.17) is 0 Å². The molecule has 3 heterocycles. The van der Waals surface area contributed by atoms with Crippen LogP contribution in [0.3, 0.4) is 0 Å². The Morgan fingerprint density at radius 3 is 2.79 bits per heavy atom. The first-order valence-electron chi connectivity index (χ1n) is 11.8. The first-order chi connectivity index (χ1) is 16.1. The second kappa shape index (κ2) is 8.26. The van der Waals surface area contributed by atoms with Crippen LogP contribution in [0.15, 0.2) is 65.8 Å². The fourth-order valence-electron chi connectivity index (χ4n) is 5.55. The number of pyridine rings is 1. The van der Waals surface area contributed by atoms with E-state index in [1.807, 2.05) is 18.7 Å². The minimum atomic E-state index is 0.443. The van der Waals surface area contributed by atoms with Gasteiger partial charge in [-0.05, 0) is 49.9 Å². The Balaban J connectivity index is 1.07. The van der Waals surface area contributed by atoms with Gasteiger partial charge in [0.15, 0.2) is 11.0 Å². The van der Waals surface area contributed by atoms with Gasteiger partial charge in [0, 0.05) is 47.9 Å². The summed E-state index contributed by atoms with van der Waals surface area (Å²) in [6.45, 7) is 5.66. The number of hydrogen-bond donors (Lipinski definition) is 0. The van der Waals surface area contributed by atoms with Gasteiger partial charge < -0.3 is 9.47 Å². The third-order valence-electron chi connectivity index (χ3n) is 7.36. The molecule has 1 saturated carbocycles. The highest BCUT2D eigenvalue weighted by Gasteiger charge is 2.60. The van der Waals surface area contributed by atoms with E-state index < -0.39 is 0 Å². The van der Waals surface area contributed by atoms with E-state index in [9.17, 15) is 0 Å². The molecule has 0 radical (unpaired) electrons. The van der Waals surface area contributed by atoms with E-state index in [0.717, 1.165) is 51.4 Å². The fraction of sp³-hybridized carbons (Fsp3) is 0.370. The number of benzene rings is 2. The lowest BCUT2D eigenvalue weighted by molar-refractivity contribution is 0.299. The van der Waals surface area contributed by atoms with Crippen LogP contribution in [-0.4, -0.2) is 50.0 Å². The molecule has 4 aromatic rings. The molecule has 1 aliphatic carbocycles. The fourth-order valence-corrected chi connectivity index (χ4v) is 6.39. The van der Waals surface area contributed by atoms with Crippen LogP contribution >= 0.6 is 11.8 Å². The summed E-state index contributed by atoms with van der Waals surface area (Å²) in [5, 5.41) is 11.1. The van der Waals surface area contributed by atoms with Crippen molar-refractivity contribution in [2.45, 2.75) is 30.3 Å². The zero-order valence-electron chi connectivity index (χ0n) is 19.2. The summed E-state index contributed by atoms with van der Waals surface area (Å²) in [5.74, 6) is 2.81. The molecule has 2 aliphatic rings. The summed E-state index contributed by atoms with van der Waals surface area (Å²) in [6.07, 6.45) is 2.54. The molecule has 6 heteroatoms. The lowest BCUT2D eigenvalue weighted by atomic mass is 9.95. The summed E-state index contributed by atoms with van der Waals surface area (Å²) in [6, 6.07) is 21.5. The highest BCUT2D eigenvalue weighted by atomic mass is 32.2. The monoisotopic (exact) mass is 455 g/mol. The molecule has 2 aromatic heterocycles. The predicted octanol–water partition coefficient (Wildman–Crippen LogP) is 5.09. The molecule has 6 rings (SSSR count). The van der Waals surface area contributed by atoms with Crippen molar-refractivity contribution < 1.29 is 0 Å². The number of hydrogen-bond acceptors (Lipinski definition) is 5. The number of piperidine rings is 1. The summed E-state index contributed by atoms with van der Waals surface area (Å²) in [4.78, 5) is 7.32. The van der Waals surface area contributed by atoms with Crippen LogP contribution in [0.25, 0.3) is 22.3 Å². The zero-order valence-corrected chi connectivity index (χ0v) is 20.1. The number of nitrogens with zero attached hydrogens (tertiary/aromatic N) is 5. The Hall–Kier alpha value is -2.70. The van der Waals surface area contributed by atoms with Crippen molar-refractivity contribution in [2.75, 3.05) is 25.4 Å². The SMILES string of the molecule is Cc1ccc2c(-c3nnc(SCCCN4C[C@H]5C[C@]5(c5ccccc5)C4)n3C)cccc2n1. The van der Waals surface area contributed by atoms with Gasteiger partial charge in [-0.2, -0.15) is 0 Å². The largest absolute Gasteiger partial charge is 0.305 e. The van der Waals surface area contributed by atoms with Gasteiger partial charge in [0.05, 0.1) is 5.52 Å². The van der Waals surface area contributed by atoms with Crippen molar-refractivity contribution in [3.05, 3.63) is 71.9 Å². The Morgan fingerprint density at radius 2 is 1.91 bits per heavy atom. The number of aryl methyl sites for hydroxylation is 1. The summed E-state index contributed by atoms with van der Waals surface area (Å²) >= 11 is 1.81. The van der Waals surface area contributed by atoms with Crippen LogP contribution < -0.4 is 0 Å². The lowest BCUT2D eigenvalue weighted by Crippen LogP contribution is -2.27. The number of likely N-dealkylation sites (tertiary alicyclic amines) is 1. The van der Waals surface area contributed by atoms with Crippen molar-refractivity contribution >= 4 is 22.7 Å². The van der Waals surface area contributed by atoms with Crippen LogP contribution in [0.5, 0.6) is 0 Å². The molecule has 168 valence electrons. The Kier molecular flexibility index (Phi) is 5.23. The molecule has 1 aliphatic heterocycles. The van der Waals surface area contributed by atoms with E-state index >= 15 is 0 Å². The molecule has 0 amide bonds. The van der Waals surface area contributed by atoms with Crippen molar-refractivity contribution in [1.29, 1.82) is 0 Å². The number of fused-ring (bicyclic) bond motifs is 2. The minimum absolute atomic E-state index is 0.443. The van der Waals surface area contributed by atoms with Gasteiger partial charge >= 0.3 is 0 Å². The number of thioether (sulfide) groups is 1. The maximum Gasteiger partial charge on any atom is 0.191 e. The summed E-state index contributed by atoms with van der Waals surface area (Å²) in [5.41, 5.74) is 5.10. The van der Waals surface area contributed by atoms with Gasteiger partial charge in [-0.15, -0.1) is 10.2 Å². The standard InChI is InChI=1S/C27H29N5S/c1-19-12-13-22-23(10-6-11-24(22)28-19)25-29-30-26(31(25)2)33-15-7-14-32-17-21-16-27(21,18-32)20-8-4-3-5-9-20/h3-6,8-13,21H,7,14-18H2,1-2H3/t21-,27-/m1/s1. The highest BCUT2D eigenvalue weighted by molar-refractivity contribution is 7.99. The quantitative estimate of drug-likeness (QED) is 0.287. The smallest absolute Gasteiger partial charge is 0.191 e. The second-order valence-corrected chi connectivity index (χ2v) is 10.6. The van der Waals surface area contributed by atoms with Gasteiger partial charge in [-0.25, -0.2) is 0 Å². The zero-order chi connectivity index (χ0) is 22.4. The molecule has 2 fully saturated rings. The Labute approximate surface area is 199 Å². The molecular weight excluding hydrogens is 426 g/mol. The van der Waals surface area contributed by atoms with E-state index in [0.29, 0.717) is 5.41 Å². The lowest BCUT2D eigenvalue weighted by Gasteiger charge is -2.20. The third-order valence-corrected chi connectivity index (χ3v) is 8.47. The van der Waals surface area contributed by atoms with Crippen molar-refractivity contribution in [2.24, 2.45) is 13.0 Å². The Morgan fingerprint density at radius 1 is 1.03 bits per heavy atom. The average molecular weight is 456 g/mol. The second-order valence-electron chi connectivity index (χ2n) is 9.55. The Bertz CT molecular complexity index is 1300. The minimum Gasteiger partial charge on any atom is -0.305 e. The molecular formula is C27H29N5S. The third kappa shape index (κ3) is 3.75. The molecule has 0 unspecified atom stereocenters. The molecule has 0 spiro atoms. The molecule has 1 saturated heterocycles. The van der Waals surface area contributed by atoms with Crippen LogP contribution in [0.4, 0.5) is 0 Å². The van der Waals surface area contributed by atoms with E-state index in [-0.39, 0.29) is 0 Å². The van der Waals surface area contributed by atoms with Crippen LogP contribution in [-0.2, 0) is 12.5 Å². The topological polar surface area (TPSA) is 46.8 Å². The van der Waals surface area contributed by atoms with E-state index in [1.165, 1.54) is 31.5 Å². The van der Waals surface area contributed by atoms with Crippen molar-refractivity contribution in [1.82, 2.24) is 24.6 Å². The molecule has 2 aromatic carbocycles. The normalized spacial score (nSPS) is 22.1. The predicted molar refractivity (Wildman–Crippen MR) is 134 cm³/mol. The van der Waals surface area contributed by atoms with E-state index in [1.54, 1.807) is 0 Å². The maximum absolute atomic E-state index is 4.66. The number of aromatic nitrogens is 4. The van der Waals surface area contributed by atoms with Crippen LogP contribution in [0, 0.1) is 12.8 Å². The molecule has 2 atom stereocenters. The molecule has 33 heavy (non-hydrogen) atoms. The van der Waals surface area contributed by atoms with Gasteiger partial charge in [0.25, 0.3) is 0 Å². The maximum atomic E-state index is 4.66. The van der Waals surface area contributed by atoms with Gasteiger partial charge in [-0.1, -0.05) is 60.3 Å². The highest BCUT2D eigenvalue weighted by Crippen LogP contribution is 2.58. The molecule has 5 nitrogen and oxygen atoms in total. The van der Waals surface area contributed by atoms with E-state index in [2.05, 4.69) is 92.4 Å². The van der Waals surface area contributed by atoms with Crippen LogP contribution in [0.1, 0.15) is 24.1 Å². The van der Waals surface area contributed by atoms with Gasteiger partial charge in [0.1, 0.15) is 0 Å². The first kappa shape index (κ1) is 20.9. The summed E-state index contributed by atoms with van der Waals surface area (Å²) < 4.78 is 2.12. The van der Waals surface area contributed by atoms with Crippen LogP contribution in [0.2, 0.25) is 0 Å². The molecule has 0 bridgehead atoms. The van der Waals surface area contributed by atoms with Gasteiger partial charge in [-0.3, -0.25) is 4.98 Å². The average Bonchev–Trinajstić information content (AvgIpc) is 3.22. The van der Waals surface area contributed by atoms with Crippen molar-refractivity contribution in [3.63, 3.8) is 0 Å². The number of rotatable bonds is 7. The van der Waals surface area contributed by atoms with Crippen molar-refractivity contribution in [3.8, 4) is 11.4 Å². The van der Waals surface area contributed by atoms with Gasteiger partial charge in [0.2, 0.25) is 0 Å². The molecule has 0 N–H and O–H groups in total. The first-order valence-corrected chi connectivity index (χ1v) is 12.8. The summed E-state index contributed by atoms with van der Waals surface area (Å²) in [7, 11) is 2.07.